The Morgan fingerprint density at radius 2 is 1.81 bits per heavy atom. The second-order valence-corrected chi connectivity index (χ2v) is 7.59. The molecule has 21 heavy (non-hydrogen) atoms. The fourth-order valence-corrected chi connectivity index (χ4v) is 3.80. The van der Waals surface area contributed by atoms with Crippen LogP contribution in [0.15, 0.2) is 11.0 Å². The quantitative estimate of drug-likeness (QED) is 0.817. The number of nitrogen functional groups attached to an aromatic ring is 1. The van der Waals surface area contributed by atoms with E-state index < -0.39 is 10.0 Å². The van der Waals surface area contributed by atoms with Gasteiger partial charge in [-0.1, -0.05) is 0 Å². The zero-order valence-corrected chi connectivity index (χ0v) is 14.5. The van der Waals surface area contributed by atoms with Gasteiger partial charge in [-0.15, -0.1) is 0 Å². The van der Waals surface area contributed by atoms with E-state index >= 15 is 0 Å². The summed E-state index contributed by atoms with van der Waals surface area (Å²) in [5.41, 5.74) is 8.66. The van der Waals surface area contributed by atoms with E-state index in [-0.39, 0.29) is 6.10 Å². The summed E-state index contributed by atoms with van der Waals surface area (Å²) in [5, 5.41) is 0. The fraction of sp³-hybridized carbons (Fsp3) is 0.600. The number of sulfonamides is 1. The van der Waals surface area contributed by atoms with Gasteiger partial charge in [0, 0.05) is 19.3 Å². The number of hydrogen-bond donors (Lipinski definition) is 1. The Morgan fingerprint density at radius 3 is 2.33 bits per heavy atom. The molecule has 0 atom stereocenters. The van der Waals surface area contributed by atoms with Gasteiger partial charge in [0.05, 0.1) is 17.6 Å². The molecular weight excluding hydrogens is 288 g/mol. The lowest BCUT2D eigenvalue weighted by atomic mass is 10.1. The predicted molar refractivity (Wildman–Crippen MR) is 86.0 cm³/mol. The third-order valence-electron chi connectivity index (χ3n) is 3.60. The second-order valence-electron chi connectivity index (χ2n) is 5.61. The van der Waals surface area contributed by atoms with E-state index in [1.54, 1.807) is 14.0 Å². The minimum atomic E-state index is -3.57. The van der Waals surface area contributed by atoms with Crippen molar-refractivity contribution in [2.45, 2.75) is 45.6 Å². The first-order valence-electron chi connectivity index (χ1n) is 7.03. The van der Waals surface area contributed by atoms with Crippen LogP contribution in [0.4, 0.5) is 5.69 Å². The Balaban J connectivity index is 3.14. The van der Waals surface area contributed by atoms with Crippen molar-refractivity contribution in [2.75, 3.05) is 25.9 Å². The highest BCUT2D eigenvalue weighted by Crippen LogP contribution is 2.29. The first kappa shape index (κ1) is 17.9. The Hall–Kier alpha value is -1.11. The fourth-order valence-electron chi connectivity index (χ4n) is 2.12. The van der Waals surface area contributed by atoms with Crippen LogP contribution in [-0.2, 0) is 14.8 Å². The molecule has 2 N–H and O–H groups in total. The van der Waals surface area contributed by atoms with Gasteiger partial charge in [0.25, 0.3) is 0 Å². The summed E-state index contributed by atoms with van der Waals surface area (Å²) in [6, 6.07) is 1.81. The van der Waals surface area contributed by atoms with Gasteiger partial charge in [0.1, 0.15) is 0 Å². The zero-order valence-electron chi connectivity index (χ0n) is 13.7. The molecular formula is C15H26N2O3S. The summed E-state index contributed by atoms with van der Waals surface area (Å²) in [5.74, 6) is 0. The van der Waals surface area contributed by atoms with E-state index in [0.29, 0.717) is 29.3 Å². The van der Waals surface area contributed by atoms with Crippen molar-refractivity contribution in [1.29, 1.82) is 0 Å². The number of hydrogen-bond acceptors (Lipinski definition) is 4. The van der Waals surface area contributed by atoms with Crippen LogP contribution in [0.3, 0.4) is 0 Å². The van der Waals surface area contributed by atoms with E-state index in [9.17, 15) is 8.42 Å². The maximum atomic E-state index is 12.8. The van der Waals surface area contributed by atoms with Gasteiger partial charge in [0.2, 0.25) is 10.0 Å². The molecule has 0 fully saturated rings. The van der Waals surface area contributed by atoms with E-state index in [1.165, 1.54) is 4.31 Å². The molecule has 0 aliphatic heterocycles. The maximum Gasteiger partial charge on any atom is 0.243 e. The maximum absolute atomic E-state index is 12.8. The highest BCUT2D eigenvalue weighted by Gasteiger charge is 2.26. The standard InChI is InChI=1S/C15H26N2O3S/c1-10(2)20-8-7-17(6)21(18,19)15-12(4)11(3)9-14(16)13(15)5/h9-10H,7-8,16H2,1-6H3. The van der Waals surface area contributed by atoms with Crippen LogP contribution in [0.5, 0.6) is 0 Å². The van der Waals surface area contributed by atoms with Crippen LogP contribution < -0.4 is 5.73 Å². The van der Waals surface area contributed by atoms with Gasteiger partial charge in [-0.25, -0.2) is 8.42 Å². The number of ether oxygens (including phenoxy) is 1. The van der Waals surface area contributed by atoms with Gasteiger partial charge in [0.15, 0.2) is 0 Å². The average molecular weight is 314 g/mol. The van der Waals surface area contributed by atoms with E-state index in [2.05, 4.69) is 0 Å². The molecule has 0 aliphatic carbocycles. The van der Waals surface area contributed by atoms with Gasteiger partial charge >= 0.3 is 0 Å². The SMILES string of the molecule is Cc1cc(N)c(C)c(S(=O)(=O)N(C)CCOC(C)C)c1C. The third kappa shape index (κ3) is 3.96. The molecule has 0 bridgehead atoms. The summed E-state index contributed by atoms with van der Waals surface area (Å²) >= 11 is 0. The van der Waals surface area contributed by atoms with Gasteiger partial charge in [-0.2, -0.15) is 4.31 Å². The monoisotopic (exact) mass is 314 g/mol. The van der Waals surface area contributed by atoms with Crippen molar-refractivity contribution < 1.29 is 13.2 Å². The van der Waals surface area contributed by atoms with Crippen molar-refractivity contribution in [2.24, 2.45) is 0 Å². The first-order chi connectivity index (χ1) is 9.59. The normalized spacial score (nSPS) is 12.4. The number of nitrogens with two attached hydrogens (primary N) is 1. The molecule has 0 unspecified atom stereocenters. The highest BCUT2D eigenvalue weighted by atomic mass is 32.2. The number of anilines is 1. The molecule has 0 amide bonds. The van der Waals surface area contributed by atoms with Gasteiger partial charge in [-0.05, 0) is 57.4 Å². The third-order valence-corrected chi connectivity index (χ3v) is 5.73. The lowest BCUT2D eigenvalue weighted by Gasteiger charge is -2.22. The van der Waals surface area contributed by atoms with Crippen LogP contribution in [0.1, 0.15) is 30.5 Å². The Morgan fingerprint density at radius 1 is 1.24 bits per heavy atom. The van der Waals surface area contributed by atoms with E-state index in [0.717, 1.165) is 11.1 Å². The van der Waals surface area contributed by atoms with Crippen LogP contribution in [-0.4, -0.2) is 39.0 Å². The highest BCUT2D eigenvalue weighted by molar-refractivity contribution is 7.89. The van der Waals surface area contributed by atoms with Gasteiger partial charge < -0.3 is 10.5 Å². The first-order valence-corrected chi connectivity index (χ1v) is 8.47. The Bertz CT molecular complexity index is 584. The molecule has 0 radical (unpaired) electrons. The van der Waals surface area contributed by atoms with Crippen molar-refractivity contribution in [3.8, 4) is 0 Å². The van der Waals surface area contributed by atoms with Gasteiger partial charge in [-0.3, -0.25) is 0 Å². The molecule has 0 aromatic heterocycles. The molecule has 0 aliphatic rings. The summed E-state index contributed by atoms with van der Waals surface area (Å²) in [4.78, 5) is 0.312. The van der Waals surface area contributed by atoms with Crippen LogP contribution in [0, 0.1) is 20.8 Å². The number of likely N-dealkylation sites (N-methyl/N-ethyl adjacent to an activating group) is 1. The lowest BCUT2D eigenvalue weighted by molar-refractivity contribution is 0.0737. The minimum Gasteiger partial charge on any atom is -0.398 e. The Labute approximate surface area is 128 Å². The largest absolute Gasteiger partial charge is 0.398 e. The number of rotatable bonds is 6. The molecule has 0 saturated heterocycles. The van der Waals surface area contributed by atoms with Crippen molar-refractivity contribution in [3.63, 3.8) is 0 Å². The molecule has 0 heterocycles. The van der Waals surface area contributed by atoms with Crippen molar-refractivity contribution >= 4 is 15.7 Å². The molecule has 1 aromatic carbocycles. The average Bonchev–Trinajstić information content (AvgIpc) is 2.35. The zero-order chi connectivity index (χ0) is 16.4. The second kappa shape index (κ2) is 6.77. The smallest absolute Gasteiger partial charge is 0.243 e. The summed E-state index contributed by atoms with van der Waals surface area (Å²) in [6.45, 7) is 9.94. The predicted octanol–water partition coefficient (Wildman–Crippen LogP) is 2.24. The van der Waals surface area contributed by atoms with Crippen molar-refractivity contribution in [1.82, 2.24) is 4.31 Å². The summed E-state index contributed by atoms with van der Waals surface area (Å²) in [6.07, 6.45) is 0.0826. The Kier molecular flexibility index (Phi) is 5.78. The summed E-state index contributed by atoms with van der Waals surface area (Å²) < 4.78 is 32.3. The molecule has 1 aromatic rings. The molecule has 120 valence electrons. The van der Waals surface area contributed by atoms with Crippen LogP contribution in [0.25, 0.3) is 0 Å². The minimum absolute atomic E-state index is 0.0826. The molecule has 0 spiro atoms. The van der Waals surface area contributed by atoms with E-state index in [1.807, 2.05) is 33.8 Å². The number of benzene rings is 1. The van der Waals surface area contributed by atoms with E-state index in [4.69, 9.17) is 10.5 Å². The van der Waals surface area contributed by atoms with Crippen molar-refractivity contribution in [3.05, 3.63) is 22.8 Å². The number of aryl methyl sites for hydroxylation is 1. The molecule has 6 heteroatoms. The molecule has 0 saturated carbocycles. The summed E-state index contributed by atoms with van der Waals surface area (Å²) in [7, 11) is -2.00. The topological polar surface area (TPSA) is 72.6 Å². The molecule has 1 rings (SSSR count). The van der Waals surface area contributed by atoms with Crippen LogP contribution >= 0.6 is 0 Å². The lowest BCUT2D eigenvalue weighted by Crippen LogP contribution is -2.32. The van der Waals surface area contributed by atoms with Crippen LogP contribution in [0.2, 0.25) is 0 Å². The number of nitrogens with zero attached hydrogens (tertiary/aromatic N) is 1. The molecule has 5 nitrogen and oxygen atoms in total.